The number of thioether (sulfide) groups is 1. The van der Waals surface area contributed by atoms with Gasteiger partial charge in [-0.1, -0.05) is 25.6 Å². The van der Waals surface area contributed by atoms with Crippen LogP contribution in [-0.4, -0.2) is 30.9 Å². The molecule has 0 aliphatic heterocycles. The van der Waals surface area contributed by atoms with Crippen LogP contribution in [0.2, 0.25) is 0 Å². The van der Waals surface area contributed by atoms with E-state index < -0.39 is 6.10 Å². The minimum atomic E-state index is -0.395. The molecule has 1 amide bonds. The van der Waals surface area contributed by atoms with Crippen LogP contribution in [0.4, 0.5) is 9.52 Å². The van der Waals surface area contributed by atoms with Gasteiger partial charge in [0.05, 0.1) is 10.9 Å². The van der Waals surface area contributed by atoms with Crippen LogP contribution in [0.15, 0.2) is 34.8 Å². The lowest BCUT2D eigenvalue weighted by atomic mass is 10.2. The molecule has 166 valence electrons. The molecular weight excluding hydrogens is 437 g/mol. The lowest BCUT2D eigenvalue weighted by Crippen LogP contribution is -2.23. The van der Waals surface area contributed by atoms with Crippen LogP contribution in [0.1, 0.15) is 45.3 Å². The second-order valence-electron chi connectivity index (χ2n) is 7.60. The SMILES string of the molecule is Cc1csc(NC(=O)C(C)Sc2nnc(C(C)Oc3ccc(F)cc3)n2CC(C)C)n1. The minimum absolute atomic E-state index is 0.143. The molecule has 0 spiro atoms. The number of thiazole rings is 1. The molecular formula is C21H26FN5O2S2. The number of carbonyl (C=O) groups is 1. The number of nitrogens with one attached hydrogen (secondary N) is 1. The largest absolute Gasteiger partial charge is 0.483 e. The molecule has 0 fully saturated rings. The van der Waals surface area contributed by atoms with Crippen molar-refractivity contribution in [2.24, 2.45) is 5.92 Å². The Hall–Kier alpha value is -2.46. The third kappa shape index (κ3) is 6.27. The molecule has 0 saturated heterocycles. The Balaban J connectivity index is 1.74. The summed E-state index contributed by atoms with van der Waals surface area (Å²) in [6.45, 7) is 10.5. The number of amides is 1. The third-order valence-electron chi connectivity index (χ3n) is 4.28. The Kier molecular flexibility index (Phi) is 7.66. The average molecular weight is 464 g/mol. The van der Waals surface area contributed by atoms with Gasteiger partial charge in [0, 0.05) is 11.9 Å². The summed E-state index contributed by atoms with van der Waals surface area (Å²) < 4.78 is 21.1. The van der Waals surface area contributed by atoms with Gasteiger partial charge in [0.1, 0.15) is 11.6 Å². The second kappa shape index (κ2) is 10.2. The molecule has 31 heavy (non-hydrogen) atoms. The minimum Gasteiger partial charge on any atom is -0.483 e. The van der Waals surface area contributed by atoms with Gasteiger partial charge in [0.25, 0.3) is 0 Å². The zero-order valence-corrected chi connectivity index (χ0v) is 19.8. The first-order chi connectivity index (χ1) is 14.7. The number of rotatable bonds is 9. The predicted molar refractivity (Wildman–Crippen MR) is 121 cm³/mol. The van der Waals surface area contributed by atoms with Crippen LogP contribution in [0.5, 0.6) is 5.75 Å². The van der Waals surface area contributed by atoms with E-state index in [1.165, 1.54) is 35.2 Å². The van der Waals surface area contributed by atoms with Crippen molar-refractivity contribution in [1.29, 1.82) is 0 Å². The Morgan fingerprint density at radius 2 is 1.94 bits per heavy atom. The van der Waals surface area contributed by atoms with Crippen molar-refractivity contribution >= 4 is 34.1 Å². The molecule has 0 aliphatic rings. The smallest absolute Gasteiger partial charge is 0.239 e. The first-order valence-corrected chi connectivity index (χ1v) is 11.7. The average Bonchev–Trinajstić information content (AvgIpc) is 3.29. The number of hydrogen-bond acceptors (Lipinski definition) is 7. The van der Waals surface area contributed by atoms with Gasteiger partial charge in [-0.25, -0.2) is 9.37 Å². The highest BCUT2D eigenvalue weighted by Gasteiger charge is 2.24. The van der Waals surface area contributed by atoms with Crippen molar-refractivity contribution in [1.82, 2.24) is 19.7 Å². The summed E-state index contributed by atoms with van der Waals surface area (Å²) in [6.07, 6.45) is -0.395. The summed E-state index contributed by atoms with van der Waals surface area (Å²) in [5, 5.41) is 14.2. The van der Waals surface area contributed by atoms with E-state index in [1.54, 1.807) is 12.1 Å². The van der Waals surface area contributed by atoms with Crippen LogP contribution in [0.3, 0.4) is 0 Å². The van der Waals surface area contributed by atoms with E-state index in [0.717, 1.165) is 5.69 Å². The van der Waals surface area contributed by atoms with E-state index in [-0.39, 0.29) is 17.0 Å². The third-order valence-corrected chi connectivity index (χ3v) is 6.24. The van der Waals surface area contributed by atoms with Gasteiger partial charge in [-0.3, -0.25) is 4.79 Å². The van der Waals surface area contributed by atoms with Crippen LogP contribution in [-0.2, 0) is 11.3 Å². The Morgan fingerprint density at radius 3 is 2.55 bits per heavy atom. The van der Waals surface area contributed by atoms with Gasteiger partial charge in [-0.2, -0.15) is 0 Å². The van der Waals surface area contributed by atoms with Crippen molar-refractivity contribution in [3.63, 3.8) is 0 Å². The summed E-state index contributed by atoms with van der Waals surface area (Å²) in [7, 11) is 0. The van der Waals surface area contributed by atoms with Crippen molar-refractivity contribution in [2.75, 3.05) is 5.32 Å². The molecule has 3 aromatic rings. The molecule has 0 aliphatic carbocycles. The molecule has 2 aromatic heterocycles. The molecule has 2 heterocycles. The predicted octanol–water partition coefficient (Wildman–Crippen LogP) is 5.10. The molecule has 1 N–H and O–H groups in total. The lowest BCUT2D eigenvalue weighted by molar-refractivity contribution is -0.115. The zero-order chi connectivity index (χ0) is 22.5. The molecule has 7 nitrogen and oxygen atoms in total. The maximum absolute atomic E-state index is 13.2. The first-order valence-electron chi connectivity index (χ1n) is 9.98. The number of anilines is 1. The van der Waals surface area contributed by atoms with E-state index in [9.17, 15) is 9.18 Å². The Morgan fingerprint density at radius 1 is 1.23 bits per heavy atom. The molecule has 0 radical (unpaired) electrons. The number of benzene rings is 1. The monoisotopic (exact) mass is 463 g/mol. The van der Waals surface area contributed by atoms with Crippen LogP contribution >= 0.6 is 23.1 Å². The van der Waals surface area contributed by atoms with Gasteiger partial charge in [-0.05, 0) is 51.0 Å². The number of hydrogen-bond donors (Lipinski definition) is 1. The number of ether oxygens (including phenoxy) is 1. The summed E-state index contributed by atoms with van der Waals surface area (Å²) in [4.78, 5) is 16.9. The van der Waals surface area contributed by atoms with Gasteiger partial charge in [-0.15, -0.1) is 21.5 Å². The van der Waals surface area contributed by atoms with E-state index >= 15 is 0 Å². The molecule has 0 bridgehead atoms. The van der Waals surface area contributed by atoms with E-state index in [4.69, 9.17) is 4.74 Å². The van der Waals surface area contributed by atoms with Crippen LogP contribution < -0.4 is 10.1 Å². The van der Waals surface area contributed by atoms with Crippen LogP contribution in [0, 0.1) is 18.7 Å². The normalized spacial score (nSPS) is 13.3. The molecule has 2 atom stereocenters. The topological polar surface area (TPSA) is 81.9 Å². The van der Waals surface area contributed by atoms with Crippen molar-refractivity contribution in [3.05, 3.63) is 47.0 Å². The molecule has 10 heteroatoms. The molecule has 1 aromatic carbocycles. The standard InChI is InChI=1S/C21H26FN5O2S2/c1-12(2)10-27-18(14(4)29-17-8-6-16(22)7-9-17)25-26-21(27)31-15(5)19(28)24-20-23-13(3)11-30-20/h6-9,11-12,14-15H,10H2,1-5H3,(H,23,24,28). The number of aryl methyl sites for hydroxylation is 1. The fourth-order valence-electron chi connectivity index (χ4n) is 2.82. The van der Waals surface area contributed by atoms with Gasteiger partial charge >= 0.3 is 0 Å². The summed E-state index contributed by atoms with van der Waals surface area (Å²) in [5.74, 6) is 1.09. The highest BCUT2D eigenvalue weighted by molar-refractivity contribution is 8.00. The quantitative estimate of drug-likeness (QED) is 0.445. The number of carbonyl (C=O) groups excluding carboxylic acids is 1. The molecule has 3 rings (SSSR count). The maximum Gasteiger partial charge on any atom is 0.239 e. The van der Waals surface area contributed by atoms with Gasteiger partial charge in [0.15, 0.2) is 22.2 Å². The number of halogens is 1. The fraction of sp³-hybridized carbons (Fsp3) is 0.429. The highest BCUT2D eigenvalue weighted by atomic mass is 32.2. The van der Waals surface area contributed by atoms with Gasteiger partial charge < -0.3 is 14.6 Å². The lowest BCUT2D eigenvalue weighted by Gasteiger charge is -2.18. The maximum atomic E-state index is 13.2. The van der Waals surface area contributed by atoms with E-state index in [2.05, 4.69) is 34.3 Å². The first kappa shape index (κ1) is 23.2. The van der Waals surface area contributed by atoms with Crippen molar-refractivity contribution < 1.29 is 13.9 Å². The van der Waals surface area contributed by atoms with Gasteiger partial charge in [0.2, 0.25) is 5.91 Å². The van der Waals surface area contributed by atoms with E-state index in [0.29, 0.717) is 34.3 Å². The molecule has 2 unspecified atom stereocenters. The fourth-order valence-corrected chi connectivity index (χ4v) is 4.38. The number of nitrogens with zero attached hydrogens (tertiary/aromatic N) is 4. The van der Waals surface area contributed by atoms with Crippen molar-refractivity contribution in [2.45, 2.75) is 57.7 Å². The summed E-state index contributed by atoms with van der Waals surface area (Å²) in [6, 6.07) is 5.87. The summed E-state index contributed by atoms with van der Waals surface area (Å²) >= 11 is 2.74. The second-order valence-corrected chi connectivity index (χ2v) is 9.77. The number of aromatic nitrogens is 4. The Labute approximate surface area is 189 Å². The zero-order valence-electron chi connectivity index (χ0n) is 18.1. The highest BCUT2D eigenvalue weighted by Crippen LogP contribution is 2.28. The Bertz CT molecular complexity index is 1020. The van der Waals surface area contributed by atoms with Crippen LogP contribution in [0.25, 0.3) is 0 Å². The summed E-state index contributed by atoms with van der Waals surface area (Å²) in [5.41, 5.74) is 0.872. The van der Waals surface area contributed by atoms with Crippen molar-refractivity contribution in [3.8, 4) is 5.75 Å². The van der Waals surface area contributed by atoms with E-state index in [1.807, 2.05) is 30.7 Å². The molecule has 0 saturated carbocycles.